The SMILES string of the molecule is C=CC(=O)N1CC[C@@H](NC(=O)c2sc3nccc4c3c2NC(=O)N4c2ccc(C(C)C)cc2C)C1. The molecule has 4 amide bonds. The van der Waals surface area contributed by atoms with Crippen molar-refractivity contribution in [1.82, 2.24) is 15.2 Å². The summed E-state index contributed by atoms with van der Waals surface area (Å²) >= 11 is 1.25. The Morgan fingerprint density at radius 1 is 1.29 bits per heavy atom. The average Bonchev–Trinajstić information content (AvgIpc) is 3.45. The Hall–Kier alpha value is -3.72. The third-order valence-electron chi connectivity index (χ3n) is 6.59. The Labute approximate surface area is 207 Å². The Morgan fingerprint density at radius 3 is 2.80 bits per heavy atom. The van der Waals surface area contributed by atoms with Crippen molar-refractivity contribution in [3.8, 4) is 0 Å². The van der Waals surface area contributed by atoms with Crippen molar-refractivity contribution in [3.63, 3.8) is 0 Å². The van der Waals surface area contributed by atoms with Crippen LogP contribution in [0.1, 0.15) is 47.0 Å². The summed E-state index contributed by atoms with van der Waals surface area (Å²) in [7, 11) is 0. The summed E-state index contributed by atoms with van der Waals surface area (Å²) in [5.41, 5.74) is 4.18. The number of carbonyl (C=O) groups is 3. The topological polar surface area (TPSA) is 94.6 Å². The minimum atomic E-state index is -0.318. The van der Waals surface area contributed by atoms with Crippen LogP contribution in [0.3, 0.4) is 0 Å². The van der Waals surface area contributed by atoms with Gasteiger partial charge in [0.15, 0.2) is 0 Å². The van der Waals surface area contributed by atoms with Crippen molar-refractivity contribution in [2.75, 3.05) is 23.3 Å². The van der Waals surface area contributed by atoms with Crippen LogP contribution in [0.25, 0.3) is 10.2 Å². The minimum Gasteiger partial charge on any atom is -0.347 e. The van der Waals surface area contributed by atoms with Gasteiger partial charge in [-0.05, 0) is 48.6 Å². The quantitative estimate of drug-likeness (QED) is 0.497. The lowest BCUT2D eigenvalue weighted by Crippen LogP contribution is -2.39. The lowest BCUT2D eigenvalue weighted by atomic mass is 9.99. The molecule has 2 aliphatic rings. The van der Waals surface area contributed by atoms with Crippen molar-refractivity contribution < 1.29 is 14.4 Å². The van der Waals surface area contributed by atoms with Crippen LogP contribution in [0.15, 0.2) is 43.1 Å². The summed E-state index contributed by atoms with van der Waals surface area (Å²) in [5, 5.41) is 6.72. The highest BCUT2D eigenvalue weighted by Crippen LogP contribution is 2.46. The number of anilines is 3. The number of thiophene rings is 1. The molecule has 180 valence electrons. The van der Waals surface area contributed by atoms with E-state index in [4.69, 9.17) is 0 Å². The Bertz CT molecular complexity index is 1380. The highest BCUT2D eigenvalue weighted by Gasteiger charge is 2.34. The highest BCUT2D eigenvalue weighted by atomic mass is 32.1. The maximum atomic E-state index is 13.4. The van der Waals surface area contributed by atoms with E-state index in [9.17, 15) is 14.4 Å². The molecule has 4 heterocycles. The van der Waals surface area contributed by atoms with E-state index < -0.39 is 0 Å². The van der Waals surface area contributed by atoms with E-state index in [2.05, 4.69) is 42.1 Å². The van der Waals surface area contributed by atoms with Gasteiger partial charge in [0.1, 0.15) is 9.71 Å². The minimum absolute atomic E-state index is 0.142. The normalized spacial score (nSPS) is 17.1. The Morgan fingerprint density at radius 2 is 2.09 bits per heavy atom. The number of aryl methyl sites for hydroxylation is 1. The first-order valence-corrected chi connectivity index (χ1v) is 12.5. The molecule has 2 aromatic heterocycles. The van der Waals surface area contributed by atoms with E-state index in [1.165, 1.54) is 23.0 Å². The molecule has 5 rings (SSSR count). The van der Waals surface area contributed by atoms with E-state index in [0.717, 1.165) is 16.6 Å². The highest BCUT2D eigenvalue weighted by molar-refractivity contribution is 7.21. The van der Waals surface area contributed by atoms with Gasteiger partial charge < -0.3 is 15.5 Å². The van der Waals surface area contributed by atoms with Gasteiger partial charge in [0.25, 0.3) is 5.91 Å². The monoisotopic (exact) mass is 489 g/mol. The molecule has 8 nitrogen and oxygen atoms in total. The molecule has 0 radical (unpaired) electrons. The average molecular weight is 490 g/mol. The Balaban J connectivity index is 1.49. The second-order valence-corrected chi connectivity index (χ2v) is 10.2. The van der Waals surface area contributed by atoms with E-state index >= 15 is 0 Å². The van der Waals surface area contributed by atoms with Crippen LogP contribution in [-0.2, 0) is 4.79 Å². The van der Waals surface area contributed by atoms with E-state index in [1.807, 2.05) is 25.1 Å². The predicted molar refractivity (Wildman–Crippen MR) is 139 cm³/mol. The second kappa shape index (κ2) is 8.81. The number of hydrogen-bond acceptors (Lipinski definition) is 5. The summed E-state index contributed by atoms with van der Waals surface area (Å²) in [4.78, 5) is 47.3. The number of urea groups is 1. The number of pyridine rings is 1. The fraction of sp³-hybridized carbons (Fsp3) is 0.308. The number of carbonyl (C=O) groups excluding carboxylic acids is 3. The van der Waals surface area contributed by atoms with E-state index in [1.54, 1.807) is 16.0 Å². The lowest BCUT2D eigenvalue weighted by Gasteiger charge is -2.30. The van der Waals surface area contributed by atoms with Gasteiger partial charge in [0, 0.05) is 25.3 Å². The second-order valence-electron chi connectivity index (χ2n) is 9.23. The number of nitrogens with one attached hydrogen (secondary N) is 2. The summed E-state index contributed by atoms with van der Waals surface area (Å²) in [6.45, 7) is 10.8. The van der Waals surface area contributed by atoms with Gasteiger partial charge >= 0.3 is 6.03 Å². The third kappa shape index (κ3) is 3.95. The van der Waals surface area contributed by atoms with Crippen molar-refractivity contribution in [2.24, 2.45) is 0 Å². The molecule has 1 aromatic carbocycles. The van der Waals surface area contributed by atoms with Crippen LogP contribution in [0.5, 0.6) is 0 Å². The predicted octanol–water partition coefficient (Wildman–Crippen LogP) is 4.93. The molecule has 0 spiro atoms. The van der Waals surface area contributed by atoms with Gasteiger partial charge in [0.05, 0.1) is 22.4 Å². The molecule has 9 heteroatoms. The number of rotatable bonds is 5. The van der Waals surface area contributed by atoms with E-state index in [-0.39, 0.29) is 23.9 Å². The molecular weight excluding hydrogens is 462 g/mol. The van der Waals surface area contributed by atoms with Crippen LogP contribution < -0.4 is 15.5 Å². The fourth-order valence-electron chi connectivity index (χ4n) is 4.73. The molecule has 0 unspecified atom stereocenters. The molecule has 35 heavy (non-hydrogen) atoms. The molecule has 1 atom stereocenters. The number of likely N-dealkylation sites (tertiary alicyclic amines) is 1. The van der Waals surface area contributed by atoms with Crippen molar-refractivity contribution in [2.45, 2.75) is 39.2 Å². The van der Waals surface area contributed by atoms with Gasteiger partial charge in [-0.1, -0.05) is 32.6 Å². The van der Waals surface area contributed by atoms with Gasteiger partial charge in [-0.15, -0.1) is 11.3 Å². The zero-order valence-electron chi connectivity index (χ0n) is 19.9. The molecule has 1 saturated heterocycles. The molecule has 3 aromatic rings. The van der Waals surface area contributed by atoms with E-state index in [0.29, 0.717) is 46.5 Å². The summed E-state index contributed by atoms with van der Waals surface area (Å²) in [6, 6.07) is 7.46. The first-order chi connectivity index (χ1) is 16.8. The molecule has 0 aliphatic carbocycles. The van der Waals surface area contributed by atoms with Gasteiger partial charge in [-0.25, -0.2) is 9.78 Å². The molecule has 1 fully saturated rings. The summed E-state index contributed by atoms with van der Waals surface area (Å²) in [5.74, 6) is -0.0355. The van der Waals surface area contributed by atoms with Crippen LogP contribution >= 0.6 is 11.3 Å². The molecule has 2 N–H and O–H groups in total. The van der Waals surface area contributed by atoms with Gasteiger partial charge in [0.2, 0.25) is 5.91 Å². The van der Waals surface area contributed by atoms with Crippen molar-refractivity contribution in [1.29, 1.82) is 0 Å². The molecule has 2 aliphatic heterocycles. The first-order valence-electron chi connectivity index (χ1n) is 11.6. The molecular formula is C26H27N5O3S. The molecule has 0 saturated carbocycles. The van der Waals surface area contributed by atoms with Crippen LogP contribution in [0.4, 0.5) is 21.9 Å². The third-order valence-corrected chi connectivity index (χ3v) is 7.69. The van der Waals surface area contributed by atoms with Crippen molar-refractivity contribution in [3.05, 3.63) is 59.1 Å². The fourth-order valence-corrected chi connectivity index (χ4v) is 5.75. The van der Waals surface area contributed by atoms with Crippen LogP contribution in [0.2, 0.25) is 0 Å². The molecule has 0 bridgehead atoms. The zero-order chi connectivity index (χ0) is 24.9. The Kier molecular flexibility index (Phi) is 5.80. The number of nitrogens with zero attached hydrogens (tertiary/aromatic N) is 3. The maximum absolute atomic E-state index is 13.4. The van der Waals surface area contributed by atoms with Gasteiger partial charge in [-0.2, -0.15) is 0 Å². The number of benzene rings is 1. The zero-order valence-corrected chi connectivity index (χ0v) is 20.7. The maximum Gasteiger partial charge on any atom is 0.331 e. The smallest absolute Gasteiger partial charge is 0.331 e. The van der Waals surface area contributed by atoms with Crippen molar-refractivity contribution >= 4 is 56.5 Å². The number of amides is 4. The van der Waals surface area contributed by atoms with Crippen LogP contribution in [-0.4, -0.2) is 46.9 Å². The lowest BCUT2D eigenvalue weighted by molar-refractivity contribution is -0.125. The summed E-state index contributed by atoms with van der Waals surface area (Å²) < 4.78 is 0. The summed E-state index contributed by atoms with van der Waals surface area (Å²) in [6.07, 6.45) is 3.62. The first kappa shape index (κ1) is 23.0. The number of aromatic nitrogens is 1. The largest absolute Gasteiger partial charge is 0.347 e. The number of hydrogen-bond donors (Lipinski definition) is 2. The standard InChI is InChI=1S/C26H27N5O3S/c1-5-20(32)30-11-9-17(13-30)28-24(33)23-22-21-19(8-10-27-25(21)35-23)31(26(34)29-22)18-7-6-16(14(2)3)12-15(18)4/h5-8,10,12,14,17H,1,9,11,13H2,2-4H3,(H,28,33)(H,29,34)/t17-/m1/s1. The van der Waals surface area contributed by atoms with Crippen LogP contribution in [0, 0.1) is 6.92 Å². The van der Waals surface area contributed by atoms with Gasteiger partial charge in [-0.3, -0.25) is 14.5 Å².